The highest BCUT2D eigenvalue weighted by molar-refractivity contribution is 7.93. The van der Waals surface area contributed by atoms with Crippen LogP contribution in [0, 0.1) is 0 Å². The van der Waals surface area contributed by atoms with Gasteiger partial charge in [-0.25, -0.2) is 13.4 Å². The lowest BCUT2D eigenvalue weighted by Gasteiger charge is -2.17. The van der Waals surface area contributed by atoms with Gasteiger partial charge in [-0.1, -0.05) is 36.4 Å². The average Bonchev–Trinajstić information content (AvgIpc) is 3.34. The number of hydrogen-bond acceptors (Lipinski definition) is 4. The van der Waals surface area contributed by atoms with Crippen LogP contribution in [0.3, 0.4) is 0 Å². The summed E-state index contributed by atoms with van der Waals surface area (Å²) >= 11 is 0. The summed E-state index contributed by atoms with van der Waals surface area (Å²) < 4.78 is 27.5. The maximum atomic E-state index is 13.0. The van der Waals surface area contributed by atoms with Gasteiger partial charge in [0.25, 0.3) is 5.91 Å². The van der Waals surface area contributed by atoms with E-state index in [4.69, 9.17) is 0 Å². The Morgan fingerprint density at radius 2 is 1.68 bits per heavy atom. The van der Waals surface area contributed by atoms with Gasteiger partial charge in [-0.2, -0.15) is 0 Å². The van der Waals surface area contributed by atoms with Gasteiger partial charge in [-0.05, 0) is 42.8 Å². The molecule has 5 rings (SSSR count). The number of pyridine rings is 1. The summed E-state index contributed by atoms with van der Waals surface area (Å²) in [6.45, 7) is 0.468. The molecule has 0 aliphatic carbocycles. The Balaban J connectivity index is 1.47. The van der Waals surface area contributed by atoms with Gasteiger partial charge in [0.2, 0.25) is 10.0 Å². The van der Waals surface area contributed by atoms with E-state index in [1.54, 1.807) is 24.3 Å². The van der Waals surface area contributed by atoms with Gasteiger partial charge in [-0.15, -0.1) is 0 Å². The molecule has 0 spiro atoms. The predicted molar refractivity (Wildman–Crippen MR) is 121 cm³/mol. The third-order valence-electron chi connectivity index (χ3n) is 5.33. The molecule has 0 saturated carbocycles. The topological polar surface area (TPSA) is 83.8 Å². The predicted octanol–water partition coefficient (Wildman–Crippen LogP) is 3.79. The first-order chi connectivity index (χ1) is 15.0. The molecule has 31 heavy (non-hydrogen) atoms. The third kappa shape index (κ3) is 3.55. The summed E-state index contributed by atoms with van der Waals surface area (Å²) in [5.41, 5.74) is 3.32. The molecule has 1 aliphatic heterocycles. The molecule has 8 heteroatoms. The van der Waals surface area contributed by atoms with Crippen molar-refractivity contribution in [2.45, 2.75) is 6.42 Å². The van der Waals surface area contributed by atoms with Crippen LogP contribution in [-0.4, -0.2) is 36.0 Å². The monoisotopic (exact) mass is 432 g/mol. The second-order valence-corrected chi connectivity index (χ2v) is 9.36. The minimum absolute atomic E-state index is 0.159. The normalized spacial score (nSPS) is 15.3. The number of anilines is 2. The van der Waals surface area contributed by atoms with Crippen LogP contribution in [0.2, 0.25) is 0 Å². The Morgan fingerprint density at radius 1 is 0.935 bits per heavy atom. The largest absolute Gasteiger partial charge is 0.306 e. The molecule has 0 bridgehead atoms. The zero-order chi connectivity index (χ0) is 21.4. The second kappa shape index (κ2) is 7.55. The van der Waals surface area contributed by atoms with Gasteiger partial charge >= 0.3 is 0 Å². The first-order valence-corrected chi connectivity index (χ1v) is 11.6. The van der Waals surface area contributed by atoms with Crippen LogP contribution in [0.15, 0.2) is 79.0 Å². The molecule has 3 heterocycles. The minimum Gasteiger partial charge on any atom is -0.306 e. The number of fused-ring (bicyclic) bond motifs is 1. The maximum Gasteiger partial charge on any atom is 0.256 e. The molecule has 0 radical (unpaired) electrons. The molecule has 1 fully saturated rings. The third-order valence-corrected chi connectivity index (χ3v) is 7.20. The van der Waals surface area contributed by atoms with Gasteiger partial charge in [-0.3, -0.25) is 13.5 Å². The molecule has 0 atom stereocenters. The van der Waals surface area contributed by atoms with Gasteiger partial charge in [0.05, 0.1) is 11.4 Å². The highest BCUT2D eigenvalue weighted by Crippen LogP contribution is 2.29. The van der Waals surface area contributed by atoms with Crippen molar-refractivity contribution < 1.29 is 13.2 Å². The van der Waals surface area contributed by atoms with Gasteiger partial charge in [0, 0.05) is 23.9 Å². The summed E-state index contributed by atoms with van der Waals surface area (Å²) in [7, 11) is -3.25. The Bertz CT molecular complexity index is 1360. The summed E-state index contributed by atoms with van der Waals surface area (Å²) in [4.78, 5) is 17.7. The molecule has 0 unspecified atom stereocenters. The molecule has 2 aromatic carbocycles. The first kappa shape index (κ1) is 19.3. The van der Waals surface area contributed by atoms with E-state index in [-0.39, 0.29) is 11.7 Å². The standard InChI is InChI=1S/C23H20N4O3S/c28-23(18-10-12-19(13-11-18)27-15-6-16-31(27,29)30)25-22-21(17-7-2-1-3-8-17)24-20-9-4-5-14-26(20)22/h1-5,7-14H,6,15-16H2,(H,25,28). The molecule has 1 amide bonds. The number of hydrogen-bond donors (Lipinski definition) is 1. The smallest absolute Gasteiger partial charge is 0.256 e. The number of aromatic nitrogens is 2. The van der Waals surface area contributed by atoms with Crippen LogP contribution in [0.1, 0.15) is 16.8 Å². The highest BCUT2D eigenvalue weighted by atomic mass is 32.2. The molecule has 1 saturated heterocycles. The Labute approximate surface area is 180 Å². The number of carbonyl (C=O) groups is 1. The van der Waals surface area contributed by atoms with E-state index in [9.17, 15) is 13.2 Å². The molecule has 1 N–H and O–H groups in total. The van der Waals surface area contributed by atoms with E-state index in [1.807, 2.05) is 59.1 Å². The number of carbonyl (C=O) groups excluding carboxylic acids is 1. The lowest BCUT2D eigenvalue weighted by Crippen LogP contribution is -2.25. The average molecular weight is 433 g/mol. The molecular formula is C23H20N4O3S. The Kier molecular flexibility index (Phi) is 4.71. The lowest BCUT2D eigenvalue weighted by atomic mass is 10.1. The fraction of sp³-hybridized carbons (Fsp3) is 0.130. The summed E-state index contributed by atoms with van der Waals surface area (Å²) in [5, 5.41) is 2.98. The van der Waals surface area contributed by atoms with Crippen molar-refractivity contribution >= 4 is 33.1 Å². The van der Waals surface area contributed by atoms with E-state index in [1.165, 1.54) is 4.31 Å². The van der Waals surface area contributed by atoms with Crippen LogP contribution in [-0.2, 0) is 10.0 Å². The van der Waals surface area contributed by atoms with Crippen LogP contribution in [0.25, 0.3) is 16.9 Å². The van der Waals surface area contributed by atoms with E-state index in [2.05, 4.69) is 10.3 Å². The highest BCUT2D eigenvalue weighted by Gasteiger charge is 2.28. The van der Waals surface area contributed by atoms with Crippen molar-refractivity contribution in [3.8, 4) is 11.3 Å². The summed E-state index contributed by atoms with van der Waals surface area (Å²) in [6.07, 6.45) is 2.47. The van der Waals surface area contributed by atoms with Gasteiger partial charge < -0.3 is 5.32 Å². The molecule has 4 aromatic rings. The number of nitrogens with one attached hydrogen (secondary N) is 1. The van der Waals surface area contributed by atoms with Crippen LogP contribution in [0.5, 0.6) is 0 Å². The van der Waals surface area contributed by atoms with Crippen molar-refractivity contribution in [2.75, 3.05) is 21.9 Å². The van der Waals surface area contributed by atoms with Gasteiger partial charge in [0.1, 0.15) is 17.2 Å². The van der Waals surface area contributed by atoms with E-state index < -0.39 is 10.0 Å². The lowest BCUT2D eigenvalue weighted by molar-refractivity contribution is 0.102. The Hall–Kier alpha value is -3.65. The SMILES string of the molecule is O=C(Nc1c(-c2ccccc2)nc2ccccn12)c1ccc(N2CCCS2(=O)=O)cc1. The van der Waals surface area contributed by atoms with Crippen molar-refractivity contribution in [1.29, 1.82) is 0 Å². The van der Waals surface area contributed by atoms with Crippen LogP contribution >= 0.6 is 0 Å². The molecule has 1 aliphatic rings. The van der Waals surface area contributed by atoms with Crippen LogP contribution < -0.4 is 9.62 Å². The molecule has 7 nitrogen and oxygen atoms in total. The number of rotatable bonds is 4. The number of imidazole rings is 1. The number of benzene rings is 2. The molecule has 156 valence electrons. The summed E-state index contributed by atoms with van der Waals surface area (Å²) in [5.74, 6) is 0.447. The number of amides is 1. The van der Waals surface area contributed by atoms with Crippen molar-refractivity contribution in [3.63, 3.8) is 0 Å². The van der Waals surface area contributed by atoms with Crippen molar-refractivity contribution in [1.82, 2.24) is 9.38 Å². The maximum absolute atomic E-state index is 13.0. The van der Waals surface area contributed by atoms with E-state index >= 15 is 0 Å². The quantitative estimate of drug-likeness (QED) is 0.532. The number of sulfonamides is 1. The molecule has 2 aromatic heterocycles. The molecular weight excluding hydrogens is 412 g/mol. The zero-order valence-corrected chi connectivity index (χ0v) is 17.4. The fourth-order valence-electron chi connectivity index (χ4n) is 3.80. The number of nitrogens with zero attached hydrogens (tertiary/aromatic N) is 3. The fourth-order valence-corrected chi connectivity index (χ4v) is 5.37. The van der Waals surface area contributed by atoms with E-state index in [0.29, 0.717) is 35.7 Å². The van der Waals surface area contributed by atoms with Crippen molar-refractivity contribution in [3.05, 3.63) is 84.6 Å². The van der Waals surface area contributed by atoms with E-state index in [0.717, 1.165) is 11.2 Å². The minimum atomic E-state index is -3.25. The first-order valence-electron chi connectivity index (χ1n) is 9.97. The second-order valence-electron chi connectivity index (χ2n) is 7.35. The van der Waals surface area contributed by atoms with Crippen molar-refractivity contribution in [2.24, 2.45) is 0 Å². The zero-order valence-electron chi connectivity index (χ0n) is 16.6. The summed E-state index contributed by atoms with van der Waals surface area (Å²) in [6, 6.07) is 22.0. The van der Waals surface area contributed by atoms with Gasteiger partial charge in [0.15, 0.2) is 0 Å². The Morgan fingerprint density at radius 3 is 2.39 bits per heavy atom. The van der Waals surface area contributed by atoms with Crippen LogP contribution in [0.4, 0.5) is 11.5 Å².